The molecule has 0 saturated carbocycles. The fraction of sp³-hybridized carbons (Fsp3) is 0.160. The summed E-state index contributed by atoms with van der Waals surface area (Å²) in [6, 6.07) is 10.4. The molecule has 0 saturated heterocycles. The number of nitrogens with one attached hydrogen (secondary N) is 1. The lowest BCUT2D eigenvalue weighted by atomic mass is 10.00. The Hall–Kier alpha value is -4.42. The van der Waals surface area contributed by atoms with Crippen molar-refractivity contribution in [1.29, 1.82) is 0 Å². The van der Waals surface area contributed by atoms with Gasteiger partial charge in [0.2, 0.25) is 12.2 Å². The van der Waals surface area contributed by atoms with E-state index < -0.39 is 29.0 Å². The minimum Gasteiger partial charge on any atom is -0.336 e. The maximum Gasteiger partial charge on any atom is 0.417 e. The molecule has 3 aromatic heterocycles. The highest BCUT2D eigenvalue weighted by molar-refractivity contribution is 5.75. The van der Waals surface area contributed by atoms with Crippen LogP contribution in [0.5, 0.6) is 0 Å². The van der Waals surface area contributed by atoms with Gasteiger partial charge in [0.25, 0.3) is 0 Å². The fourth-order valence-electron chi connectivity index (χ4n) is 3.90. The number of alkyl halides is 6. The van der Waals surface area contributed by atoms with Crippen LogP contribution >= 0.6 is 0 Å². The highest BCUT2D eigenvalue weighted by Gasteiger charge is 2.38. The second-order valence-electron chi connectivity index (χ2n) is 8.41. The van der Waals surface area contributed by atoms with Crippen LogP contribution in [-0.4, -0.2) is 25.3 Å². The van der Waals surface area contributed by atoms with Crippen LogP contribution in [0.25, 0.3) is 33.8 Å². The Morgan fingerprint density at radius 2 is 1.66 bits per heavy atom. The third kappa shape index (κ3) is 4.91. The van der Waals surface area contributed by atoms with Crippen molar-refractivity contribution in [2.24, 2.45) is 0 Å². The van der Waals surface area contributed by atoms with Gasteiger partial charge in [0.1, 0.15) is 17.3 Å². The molecular formula is C25H16F7N6+. The lowest BCUT2D eigenvalue weighted by molar-refractivity contribution is -0.744. The van der Waals surface area contributed by atoms with Crippen molar-refractivity contribution in [3.05, 3.63) is 89.0 Å². The molecule has 0 amide bonds. The molecule has 194 valence electrons. The summed E-state index contributed by atoms with van der Waals surface area (Å²) in [6.45, 7) is 1.72. The highest BCUT2D eigenvalue weighted by Crippen LogP contribution is 2.40. The van der Waals surface area contributed by atoms with Gasteiger partial charge in [0, 0.05) is 22.3 Å². The maximum absolute atomic E-state index is 13.9. The number of fused-ring (bicyclic) bond motifs is 1. The van der Waals surface area contributed by atoms with Crippen molar-refractivity contribution in [1.82, 2.24) is 25.3 Å². The lowest BCUT2D eigenvalue weighted by Gasteiger charge is -2.15. The summed E-state index contributed by atoms with van der Waals surface area (Å²) < 4.78 is 94.7. The van der Waals surface area contributed by atoms with Crippen molar-refractivity contribution < 1.29 is 35.4 Å². The second kappa shape index (κ2) is 9.15. The summed E-state index contributed by atoms with van der Waals surface area (Å²) >= 11 is 0. The molecule has 0 bridgehead atoms. The van der Waals surface area contributed by atoms with E-state index in [2.05, 4.69) is 25.3 Å². The van der Waals surface area contributed by atoms with Gasteiger partial charge in [-0.25, -0.2) is 9.37 Å². The molecule has 0 fully saturated rings. The molecular weight excluding hydrogens is 517 g/mol. The smallest absolute Gasteiger partial charge is 0.336 e. The summed E-state index contributed by atoms with van der Waals surface area (Å²) in [4.78, 5) is 7.50. The van der Waals surface area contributed by atoms with Crippen LogP contribution in [0.3, 0.4) is 0 Å². The van der Waals surface area contributed by atoms with Crippen LogP contribution in [0.2, 0.25) is 0 Å². The minimum atomic E-state index is -5.03. The number of benzene rings is 2. The van der Waals surface area contributed by atoms with E-state index in [-0.39, 0.29) is 24.1 Å². The molecule has 0 radical (unpaired) electrons. The maximum atomic E-state index is 13.9. The number of rotatable bonds is 4. The van der Waals surface area contributed by atoms with Crippen LogP contribution in [0.1, 0.15) is 22.4 Å². The molecule has 0 aliphatic heterocycles. The number of nitrogens with zero attached hydrogens (tertiary/aromatic N) is 5. The van der Waals surface area contributed by atoms with Gasteiger partial charge in [0.05, 0.1) is 22.3 Å². The summed E-state index contributed by atoms with van der Waals surface area (Å²) in [6.07, 6.45) is -8.33. The molecule has 13 heteroatoms. The monoisotopic (exact) mass is 533 g/mol. The van der Waals surface area contributed by atoms with Gasteiger partial charge in [-0.05, 0) is 42.8 Å². The Morgan fingerprint density at radius 3 is 2.34 bits per heavy atom. The number of H-pyrrole nitrogens is 1. The molecule has 5 rings (SSSR count). The van der Waals surface area contributed by atoms with E-state index >= 15 is 0 Å². The van der Waals surface area contributed by atoms with Crippen LogP contribution < -0.4 is 4.68 Å². The molecule has 0 spiro atoms. The van der Waals surface area contributed by atoms with Crippen molar-refractivity contribution >= 4 is 11.2 Å². The average Bonchev–Trinajstić information content (AvgIpc) is 3.28. The summed E-state index contributed by atoms with van der Waals surface area (Å²) in [7, 11) is 0. The van der Waals surface area contributed by atoms with Crippen LogP contribution in [0.15, 0.2) is 60.8 Å². The van der Waals surface area contributed by atoms with Gasteiger partial charge in [-0.15, -0.1) is 5.10 Å². The zero-order valence-corrected chi connectivity index (χ0v) is 19.4. The number of hydrogen-bond acceptors (Lipinski definition) is 4. The van der Waals surface area contributed by atoms with Gasteiger partial charge in [-0.3, -0.25) is 0 Å². The predicted octanol–water partition coefficient (Wildman–Crippen LogP) is 5.90. The average molecular weight is 533 g/mol. The standard InChI is InChI=1S/C25H15F7N6/c1-13-16(3-2-4-19(13)26)22-33-21-9-10-38(37-23(21)34-22)12-15-6-8-20(36-35-15)17-7-5-14(24(27,28)29)11-18(17)25(30,31)32/h2-11H,12H2,1H3/p+1. The fourth-order valence-corrected chi connectivity index (χ4v) is 3.90. The number of aromatic nitrogens is 6. The van der Waals surface area contributed by atoms with Crippen LogP contribution in [0.4, 0.5) is 30.7 Å². The quantitative estimate of drug-likeness (QED) is 0.231. The number of aromatic amines is 1. The van der Waals surface area contributed by atoms with Crippen molar-refractivity contribution in [3.8, 4) is 22.6 Å². The molecule has 0 unspecified atom stereocenters. The van der Waals surface area contributed by atoms with E-state index in [4.69, 9.17) is 0 Å². The molecule has 38 heavy (non-hydrogen) atoms. The Morgan fingerprint density at radius 1 is 0.868 bits per heavy atom. The van der Waals surface area contributed by atoms with Crippen LogP contribution in [0, 0.1) is 12.7 Å². The molecule has 1 N–H and O–H groups in total. The topological polar surface area (TPSA) is 71.2 Å². The first-order valence-electron chi connectivity index (χ1n) is 11.0. The lowest BCUT2D eigenvalue weighted by Crippen LogP contribution is -2.38. The Balaban J connectivity index is 1.41. The van der Waals surface area contributed by atoms with Gasteiger partial charge in [-0.2, -0.15) is 31.4 Å². The van der Waals surface area contributed by atoms with Gasteiger partial charge in [-0.1, -0.05) is 22.9 Å². The summed E-state index contributed by atoms with van der Waals surface area (Å²) in [5.41, 5.74) is -1.33. The summed E-state index contributed by atoms with van der Waals surface area (Å²) in [5.74, 6) is 0.0649. The molecule has 0 aliphatic carbocycles. The molecule has 0 atom stereocenters. The second-order valence-corrected chi connectivity index (χ2v) is 8.41. The third-order valence-electron chi connectivity index (χ3n) is 5.84. The van der Waals surface area contributed by atoms with E-state index in [1.54, 1.807) is 31.3 Å². The first-order valence-corrected chi connectivity index (χ1v) is 11.0. The van der Waals surface area contributed by atoms with Crippen LogP contribution in [-0.2, 0) is 18.9 Å². The van der Waals surface area contributed by atoms with Gasteiger partial charge >= 0.3 is 12.4 Å². The first kappa shape index (κ1) is 25.2. The molecule has 0 aliphatic rings. The molecule has 6 nitrogen and oxygen atoms in total. The Bertz CT molecular complexity index is 1640. The van der Waals surface area contributed by atoms with Crippen molar-refractivity contribution in [3.63, 3.8) is 0 Å². The SMILES string of the molecule is Cc1c(F)cccc1-c1nc2n[n+](Cc3ccc(-c4ccc(C(F)(F)F)cc4C(F)(F)F)nn3)ccc2[nH]1. The molecule has 5 aromatic rings. The van der Waals surface area contributed by atoms with E-state index in [9.17, 15) is 30.7 Å². The Kier molecular flexibility index (Phi) is 6.08. The first-order chi connectivity index (χ1) is 17.9. The van der Waals surface area contributed by atoms with E-state index in [1.165, 1.54) is 22.9 Å². The van der Waals surface area contributed by atoms with Crippen molar-refractivity contribution in [2.75, 3.05) is 0 Å². The van der Waals surface area contributed by atoms with E-state index in [1.807, 2.05) is 0 Å². The highest BCUT2D eigenvalue weighted by atomic mass is 19.4. The van der Waals surface area contributed by atoms with E-state index in [0.717, 1.165) is 6.07 Å². The van der Waals surface area contributed by atoms with E-state index in [0.29, 0.717) is 39.9 Å². The van der Waals surface area contributed by atoms with Crippen molar-refractivity contribution in [2.45, 2.75) is 25.8 Å². The normalized spacial score (nSPS) is 12.3. The largest absolute Gasteiger partial charge is 0.417 e. The number of halogens is 7. The summed E-state index contributed by atoms with van der Waals surface area (Å²) in [5, 5.41) is 12.1. The van der Waals surface area contributed by atoms with Gasteiger partial charge < -0.3 is 4.98 Å². The number of hydrogen-bond donors (Lipinski definition) is 1. The molecule has 2 aromatic carbocycles. The number of imidazole rings is 1. The predicted molar refractivity (Wildman–Crippen MR) is 121 cm³/mol. The van der Waals surface area contributed by atoms with Gasteiger partial charge in [0.15, 0.2) is 6.20 Å². The molecule has 3 heterocycles. The zero-order valence-electron chi connectivity index (χ0n) is 19.4. The zero-order chi connectivity index (χ0) is 27.2. The third-order valence-corrected chi connectivity index (χ3v) is 5.84. The minimum absolute atomic E-state index is 0.0589. The Labute approximate surface area is 209 Å².